The van der Waals surface area contributed by atoms with E-state index in [1.54, 1.807) is 38.6 Å². The molecule has 0 unspecified atom stereocenters. The lowest BCUT2D eigenvalue weighted by atomic mass is 9.98. The van der Waals surface area contributed by atoms with E-state index in [1.165, 1.54) is 0 Å². The summed E-state index contributed by atoms with van der Waals surface area (Å²) in [5, 5.41) is 6.18. The quantitative estimate of drug-likeness (QED) is 0.903. The van der Waals surface area contributed by atoms with Gasteiger partial charge < -0.3 is 20.1 Å². The maximum Gasteiger partial charge on any atom is 0.257 e. The summed E-state index contributed by atoms with van der Waals surface area (Å²) in [6, 6.07) is 5.28. The summed E-state index contributed by atoms with van der Waals surface area (Å²) >= 11 is 0. The van der Waals surface area contributed by atoms with Gasteiger partial charge in [0, 0.05) is 25.0 Å². The van der Waals surface area contributed by atoms with E-state index in [0.717, 1.165) is 30.6 Å². The molecular formula is C17H19N3O3. The molecule has 6 nitrogen and oxygen atoms in total. The number of hydrogen-bond donors (Lipinski definition) is 2. The molecule has 6 heteroatoms. The first kappa shape index (κ1) is 15.3. The van der Waals surface area contributed by atoms with Crippen molar-refractivity contribution in [1.29, 1.82) is 0 Å². The lowest BCUT2D eigenvalue weighted by Crippen LogP contribution is -2.27. The van der Waals surface area contributed by atoms with Gasteiger partial charge in [0.15, 0.2) is 0 Å². The van der Waals surface area contributed by atoms with Crippen molar-refractivity contribution in [2.45, 2.75) is 13.0 Å². The Bertz CT molecular complexity index is 731. The normalized spacial score (nSPS) is 13.1. The Balaban J connectivity index is 1.91. The Morgan fingerprint density at radius 1 is 1.26 bits per heavy atom. The second-order valence-electron chi connectivity index (χ2n) is 5.27. The molecule has 1 aromatic heterocycles. The molecule has 1 aliphatic rings. The number of carbonyl (C=O) groups excluding carboxylic acids is 1. The number of aromatic nitrogens is 1. The van der Waals surface area contributed by atoms with Gasteiger partial charge in [-0.3, -0.25) is 9.78 Å². The summed E-state index contributed by atoms with van der Waals surface area (Å²) in [5.41, 5.74) is 3.30. The number of ether oxygens (including phenoxy) is 2. The minimum Gasteiger partial charge on any atom is -0.497 e. The van der Waals surface area contributed by atoms with Gasteiger partial charge in [-0.15, -0.1) is 0 Å². The van der Waals surface area contributed by atoms with Crippen LogP contribution in [0.4, 0.5) is 5.69 Å². The van der Waals surface area contributed by atoms with E-state index >= 15 is 0 Å². The zero-order valence-electron chi connectivity index (χ0n) is 13.2. The van der Waals surface area contributed by atoms with Crippen LogP contribution in [0, 0.1) is 0 Å². The molecule has 2 N–H and O–H groups in total. The van der Waals surface area contributed by atoms with Gasteiger partial charge >= 0.3 is 0 Å². The van der Waals surface area contributed by atoms with Gasteiger partial charge in [0.25, 0.3) is 5.91 Å². The van der Waals surface area contributed by atoms with Crippen molar-refractivity contribution in [3.63, 3.8) is 0 Å². The summed E-state index contributed by atoms with van der Waals surface area (Å²) in [5.74, 6) is 1.04. The Kier molecular flexibility index (Phi) is 4.43. The number of nitrogens with zero attached hydrogens (tertiary/aromatic N) is 1. The zero-order valence-corrected chi connectivity index (χ0v) is 13.2. The van der Waals surface area contributed by atoms with Crippen LogP contribution in [-0.2, 0) is 13.0 Å². The Hall–Kier alpha value is -2.60. The second-order valence-corrected chi connectivity index (χ2v) is 5.27. The minimum atomic E-state index is -0.192. The summed E-state index contributed by atoms with van der Waals surface area (Å²) < 4.78 is 10.5. The molecule has 23 heavy (non-hydrogen) atoms. The van der Waals surface area contributed by atoms with Gasteiger partial charge in [-0.1, -0.05) is 0 Å². The average Bonchev–Trinajstić information content (AvgIpc) is 2.61. The molecule has 0 saturated heterocycles. The van der Waals surface area contributed by atoms with Gasteiger partial charge in [0.2, 0.25) is 0 Å². The molecule has 0 bridgehead atoms. The van der Waals surface area contributed by atoms with E-state index < -0.39 is 0 Å². The fraction of sp³-hybridized carbons (Fsp3) is 0.294. The highest BCUT2D eigenvalue weighted by molar-refractivity contribution is 6.06. The number of anilines is 1. The molecule has 2 aromatic rings. The minimum absolute atomic E-state index is 0.192. The lowest BCUT2D eigenvalue weighted by molar-refractivity contribution is 0.102. The third-order valence-corrected chi connectivity index (χ3v) is 3.91. The molecule has 0 saturated carbocycles. The Morgan fingerprint density at radius 3 is 2.91 bits per heavy atom. The van der Waals surface area contributed by atoms with Crippen molar-refractivity contribution in [2.24, 2.45) is 0 Å². The number of amides is 1. The number of benzene rings is 1. The molecule has 120 valence electrons. The van der Waals surface area contributed by atoms with Gasteiger partial charge in [-0.05, 0) is 36.2 Å². The fourth-order valence-corrected chi connectivity index (χ4v) is 2.71. The molecule has 1 aliphatic heterocycles. The van der Waals surface area contributed by atoms with Crippen LogP contribution < -0.4 is 20.1 Å². The fourth-order valence-electron chi connectivity index (χ4n) is 2.71. The maximum atomic E-state index is 12.7. The number of carbonyl (C=O) groups is 1. The first-order chi connectivity index (χ1) is 11.2. The number of nitrogens with one attached hydrogen (secondary N) is 2. The largest absolute Gasteiger partial charge is 0.497 e. The van der Waals surface area contributed by atoms with Gasteiger partial charge in [0.05, 0.1) is 25.5 Å². The van der Waals surface area contributed by atoms with Crippen LogP contribution in [0.5, 0.6) is 11.5 Å². The van der Waals surface area contributed by atoms with Crippen LogP contribution in [0.15, 0.2) is 30.6 Å². The van der Waals surface area contributed by atoms with E-state index in [4.69, 9.17) is 9.47 Å². The molecular weight excluding hydrogens is 294 g/mol. The van der Waals surface area contributed by atoms with Crippen molar-refractivity contribution in [3.05, 3.63) is 47.3 Å². The van der Waals surface area contributed by atoms with Crippen LogP contribution in [-0.4, -0.2) is 31.7 Å². The topological polar surface area (TPSA) is 72.5 Å². The van der Waals surface area contributed by atoms with E-state index in [0.29, 0.717) is 22.7 Å². The van der Waals surface area contributed by atoms with E-state index in [9.17, 15) is 4.79 Å². The molecule has 0 aliphatic carbocycles. The van der Waals surface area contributed by atoms with Crippen molar-refractivity contribution in [3.8, 4) is 11.5 Å². The van der Waals surface area contributed by atoms with Crippen LogP contribution in [0.2, 0.25) is 0 Å². The average molecular weight is 313 g/mol. The molecule has 0 radical (unpaired) electrons. The van der Waals surface area contributed by atoms with Crippen molar-refractivity contribution in [2.75, 3.05) is 26.1 Å². The summed E-state index contributed by atoms with van der Waals surface area (Å²) in [4.78, 5) is 16.9. The summed E-state index contributed by atoms with van der Waals surface area (Å²) in [7, 11) is 3.15. The van der Waals surface area contributed by atoms with Crippen molar-refractivity contribution < 1.29 is 14.3 Å². The second kappa shape index (κ2) is 6.66. The molecule has 0 atom stereocenters. The molecule has 1 aromatic carbocycles. The molecule has 0 spiro atoms. The summed E-state index contributed by atoms with van der Waals surface area (Å²) in [6.45, 7) is 1.60. The molecule has 2 heterocycles. The summed E-state index contributed by atoms with van der Waals surface area (Å²) in [6.07, 6.45) is 4.24. The third-order valence-electron chi connectivity index (χ3n) is 3.91. The number of fused-ring (bicyclic) bond motifs is 1. The van der Waals surface area contributed by atoms with E-state index in [1.807, 2.05) is 6.20 Å². The SMILES string of the molecule is COc1ccc(OC)c(NC(=O)c2cncc3c2CCNC3)c1. The predicted molar refractivity (Wildman–Crippen MR) is 87.1 cm³/mol. The highest BCUT2D eigenvalue weighted by atomic mass is 16.5. The van der Waals surface area contributed by atoms with Gasteiger partial charge in [-0.2, -0.15) is 0 Å². The van der Waals surface area contributed by atoms with E-state index in [-0.39, 0.29) is 5.91 Å². The number of hydrogen-bond acceptors (Lipinski definition) is 5. The van der Waals surface area contributed by atoms with Crippen molar-refractivity contribution >= 4 is 11.6 Å². The molecule has 3 rings (SSSR count). The van der Waals surface area contributed by atoms with Crippen LogP contribution in [0.25, 0.3) is 0 Å². The lowest BCUT2D eigenvalue weighted by Gasteiger charge is -2.19. The highest BCUT2D eigenvalue weighted by Crippen LogP contribution is 2.29. The Morgan fingerprint density at radius 2 is 2.13 bits per heavy atom. The molecule has 0 fully saturated rings. The number of rotatable bonds is 4. The molecule has 1 amide bonds. The van der Waals surface area contributed by atoms with Gasteiger partial charge in [0.1, 0.15) is 11.5 Å². The number of methoxy groups -OCH3 is 2. The third kappa shape index (κ3) is 3.12. The van der Waals surface area contributed by atoms with Crippen LogP contribution in [0.1, 0.15) is 21.5 Å². The monoisotopic (exact) mass is 313 g/mol. The Labute approximate surface area is 134 Å². The predicted octanol–water partition coefficient (Wildman–Crippen LogP) is 2.00. The maximum absolute atomic E-state index is 12.7. The van der Waals surface area contributed by atoms with Crippen molar-refractivity contribution in [1.82, 2.24) is 10.3 Å². The van der Waals surface area contributed by atoms with Gasteiger partial charge in [-0.25, -0.2) is 0 Å². The smallest absolute Gasteiger partial charge is 0.257 e. The van der Waals surface area contributed by atoms with Crippen LogP contribution >= 0.6 is 0 Å². The highest BCUT2D eigenvalue weighted by Gasteiger charge is 2.19. The number of pyridine rings is 1. The first-order valence-electron chi connectivity index (χ1n) is 7.42. The first-order valence-corrected chi connectivity index (χ1v) is 7.42. The van der Waals surface area contributed by atoms with Crippen LogP contribution in [0.3, 0.4) is 0 Å². The standard InChI is InChI=1S/C17H19N3O3/c1-22-12-3-4-16(23-2)15(7-12)20-17(21)14-10-19-9-11-8-18-6-5-13(11)14/h3-4,7,9-10,18H,5-6,8H2,1-2H3,(H,20,21). The van der Waals surface area contributed by atoms with E-state index in [2.05, 4.69) is 15.6 Å². The zero-order chi connectivity index (χ0) is 16.2.